The van der Waals surface area contributed by atoms with Gasteiger partial charge >= 0.3 is 5.97 Å². The normalized spacial score (nSPS) is 12.8. The van der Waals surface area contributed by atoms with Gasteiger partial charge in [0, 0.05) is 4.88 Å². The number of esters is 1. The minimum absolute atomic E-state index is 0.263. The van der Waals surface area contributed by atoms with Crippen molar-refractivity contribution in [1.29, 1.82) is 0 Å². The van der Waals surface area contributed by atoms with Gasteiger partial charge in [-0.25, -0.2) is 0 Å². The van der Waals surface area contributed by atoms with Crippen LogP contribution in [-0.4, -0.2) is 18.5 Å². The Labute approximate surface area is 128 Å². The van der Waals surface area contributed by atoms with Crippen molar-refractivity contribution in [3.05, 3.63) is 21.3 Å². The predicted octanol–water partition coefficient (Wildman–Crippen LogP) is 3.24. The zero-order valence-electron chi connectivity index (χ0n) is 12.2. The van der Waals surface area contributed by atoms with E-state index in [0.717, 1.165) is 4.88 Å². The Kier molecular flexibility index (Phi) is 6.02. The molecule has 1 N–H and O–H groups in total. The van der Waals surface area contributed by atoms with E-state index in [0.29, 0.717) is 10.9 Å². The number of hydrogen-bond acceptors (Lipinski definition) is 4. The number of rotatable bonds is 5. The zero-order valence-corrected chi connectivity index (χ0v) is 13.7. The Morgan fingerprint density at radius 3 is 2.50 bits per heavy atom. The molecular weight excluding hydrogens is 298 g/mol. The molecule has 0 saturated carbocycles. The number of carbonyl (C=O) groups excluding carboxylic acids is 2. The van der Waals surface area contributed by atoms with Gasteiger partial charge in [-0.2, -0.15) is 0 Å². The van der Waals surface area contributed by atoms with E-state index in [1.54, 1.807) is 13.0 Å². The van der Waals surface area contributed by atoms with Crippen LogP contribution in [-0.2, 0) is 20.9 Å². The van der Waals surface area contributed by atoms with Crippen LogP contribution in [0.4, 0.5) is 0 Å². The molecule has 1 atom stereocenters. The van der Waals surface area contributed by atoms with Crippen molar-refractivity contribution in [1.82, 2.24) is 5.32 Å². The minimum Gasteiger partial charge on any atom is -0.465 e. The van der Waals surface area contributed by atoms with Crippen molar-refractivity contribution >= 4 is 34.8 Å². The van der Waals surface area contributed by atoms with Gasteiger partial charge in [0.15, 0.2) is 0 Å². The molecular formula is C14H20ClNO3S. The average Bonchev–Trinajstić information content (AvgIpc) is 2.71. The summed E-state index contributed by atoms with van der Waals surface area (Å²) >= 11 is 7.24. The Morgan fingerprint density at radius 1 is 1.40 bits per heavy atom. The van der Waals surface area contributed by atoms with Crippen molar-refractivity contribution in [3.63, 3.8) is 0 Å². The number of halogens is 1. The lowest BCUT2D eigenvalue weighted by molar-refractivity contribution is -0.156. The molecule has 0 fully saturated rings. The van der Waals surface area contributed by atoms with Crippen LogP contribution in [0.15, 0.2) is 12.1 Å². The summed E-state index contributed by atoms with van der Waals surface area (Å²) in [6.45, 7) is 7.88. The highest BCUT2D eigenvalue weighted by molar-refractivity contribution is 7.16. The van der Waals surface area contributed by atoms with Gasteiger partial charge in [0.05, 0.1) is 17.5 Å². The highest BCUT2D eigenvalue weighted by atomic mass is 35.5. The van der Waals surface area contributed by atoms with Crippen LogP contribution in [0, 0.1) is 11.3 Å². The SMILES string of the molecule is CCOC(=O)C(C(=O)NCc1ccc(Cl)s1)C(C)(C)C. The van der Waals surface area contributed by atoms with Crippen LogP contribution in [0.5, 0.6) is 0 Å². The molecule has 1 heterocycles. The summed E-state index contributed by atoms with van der Waals surface area (Å²) in [4.78, 5) is 25.1. The molecule has 4 nitrogen and oxygen atoms in total. The summed E-state index contributed by atoms with van der Waals surface area (Å²) in [5, 5.41) is 2.77. The van der Waals surface area contributed by atoms with Crippen molar-refractivity contribution in [3.8, 4) is 0 Å². The Hall–Kier alpha value is -1.07. The van der Waals surface area contributed by atoms with Crippen molar-refractivity contribution < 1.29 is 14.3 Å². The number of carbonyl (C=O) groups is 2. The lowest BCUT2D eigenvalue weighted by atomic mass is 9.80. The molecule has 0 radical (unpaired) electrons. The van der Waals surface area contributed by atoms with Gasteiger partial charge in [-0.05, 0) is 24.5 Å². The molecule has 20 heavy (non-hydrogen) atoms. The maximum absolute atomic E-state index is 12.2. The van der Waals surface area contributed by atoms with Gasteiger partial charge < -0.3 is 10.1 Å². The third-order valence-corrected chi connectivity index (χ3v) is 3.95. The molecule has 1 amide bonds. The van der Waals surface area contributed by atoms with Gasteiger partial charge in [0.1, 0.15) is 5.92 Å². The quantitative estimate of drug-likeness (QED) is 0.670. The van der Waals surface area contributed by atoms with E-state index in [1.807, 2.05) is 26.8 Å². The van der Waals surface area contributed by atoms with Crippen molar-refractivity contribution in [2.24, 2.45) is 11.3 Å². The smallest absolute Gasteiger partial charge is 0.319 e. The summed E-state index contributed by atoms with van der Waals surface area (Å²) in [6, 6.07) is 3.63. The molecule has 0 aliphatic heterocycles. The van der Waals surface area contributed by atoms with Crippen LogP contribution in [0.1, 0.15) is 32.6 Å². The molecule has 1 aromatic rings. The standard InChI is InChI=1S/C14H20ClNO3S/c1-5-19-13(18)11(14(2,3)4)12(17)16-8-9-6-7-10(15)20-9/h6-7,11H,5,8H2,1-4H3,(H,16,17). The monoisotopic (exact) mass is 317 g/mol. The van der Waals surface area contributed by atoms with Crippen LogP contribution in [0.2, 0.25) is 4.34 Å². The van der Waals surface area contributed by atoms with E-state index in [2.05, 4.69) is 5.32 Å². The second kappa shape index (κ2) is 7.09. The van der Waals surface area contributed by atoms with Gasteiger partial charge in [0.25, 0.3) is 0 Å². The fraction of sp³-hybridized carbons (Fsp3) is 0.571. The molecule has 0 aromatic carbocycles. The van der Waals surface area contributed by atoms with Gasteiger partial charge in [0.2, 0.25) is 5.91 Å². The molecule has 0 aliphatic rings. The number of ether oxygens (including phenoxy) is 1. The van der Waals surface area contributed by atoms with Gasteiger partial charge in [-0.15, -0.1) is 11.3 Å². The maximum Gasteiger partial charge on any atom is 0.319 e. The van der Waals surface area contributed by atoms with Crippen LogP contribution in [0.3, 0.4) is 0 Å². The first kappa shape index (κ1) is 17.0. The molecule has 0 spiro atoms. The second-order valence-electron chi connectivity index (χ2n) is 5.47. The predicted molar refractivity (Wildman–Crippen MR) is 80.8 cm³/mol. The molecule has 1 rings (SSSR count). The summed E-state index contributed by atoms with van der Waals surface area (Å²) in [5.74, 6) is -1.62. The van der Waals surface area contributed by atoms with Gasteiger partial charge in [-0.3, -0.25) is 9.59 Å². The van der Waals surface area contributed by atoms with E-state index >= 15 is 0 Å². The van der Waals surface area contributed by atoms with Crippen molar-refractivity contribution in [2.75, 3.05) is 6.61 Å². The summed E-state index contributed by atoms with van der Waals surface area (Å²) < 4.78 is 5.66. The maximum atomic E-state index is 12.2. The molecule has 0 bridgehead atoms. The van der Waals surface area contributed by atoms with E-state index in [9.17, 15) is 9.59 Å². The van der Waals surface area contributed by atoms with Gasteiger partial charge in [-0.1, -0.05) is 32.4 Å². The third-order valence-electron chi connectivity index (χ3n) is 2.72. The highest BCUT2D eigenvalue weighted by Gasteiger charge is 2.38. The lowest BCUT2D eigenvalue weighted by Crippen LogP contribution is -2.43. The Morgan fingerprint density at radius 2 is 2.05 bits per heavy atom. The van der Waals surface area contributed by atoms with Crippen LogP contribution in [0.25, 0.3) is 0 Å². The Bertz CT molecular complexity index is 479. The summed E-state index contributed by atoms with van der Waals surface area (Å²) in [6.07, 6.45) is 0. The van der Waals surface area contributed by atoms with Crippen LogP contribution < -0.4 is 5.32 Å². The number of amides is 1. The molecule has 1 aromatic heterocycles. The summed E-state index contributed by atoms with van der Waals surface area (Å²) in [5.41, 5.74) is -0.497. The number of nitrogens with one attached hydrogen (secondary N) is 1. The van der Waals surface area contributed by atoms with Crippen molar-refractivity contribution in [2.45, 2.75) is 34.2 Å². The fourth-order valence-corrected chi connectivity index (χ4v) is 2.83. The molecule has 6 heteroatoms. The largest absolute Gasteiger partial charge is 0.465 e. The number of hydrogen-bond donors (Lipinski definition) is 1. The lowest BCUT2D eigenvalue weighted by Gasteiger charge is -2.27. The first-order valence-electron chi connectivity index (χ1n) is 6.44. The van der Waals surface area contributed by atoms with Crippen LogP contribution >= 0.6 is 22.9 Å². The molecule has 112 valence electrons. The van der Waals surface area contributed by atoms with E-state index < -0.39 is 17.3 Å². The summed E-state index contributed by atoms with van der Waals surface area (Å²) in [7, 11) is 0. The highest BCUT2D eigenvalue weighted by Crippen LogP contribution is 2.28. The third kappa shape index (κ3) is 4.80. The average molecular weight is 318 g/mol. The van der Waals surface area contributed by atoms with E-state index in [-0.39, 0.29) is 12.5 Å². The van der Waals surface area contributed by atoms with E-state index in [1.165, 1.54) is 11.3 Å². The molecule has 0 saturated heterocycles. The molecule has 0 aliphatic carbocycles. The first-order valence-corrected chi connectivity index (χ1v) is 7.63. The van der Waals surface area contributed by atoms with E-state index in [4.69, 9.17) is 16.3 Å². The second-order valence-corrected chi connectivity index (χ2v) is 7.27. The topological polar surface area (TPSA) is 55.4 Å². The zero-order chi connectivity index (χ0) is 15.3. The minimum atomic E-state index is -0.821. The Balaban J connectivity index is 2.71. The number of thiophene rings is 1. The molecule has 1 unspecified atom stereocenters. The first-order chi connectivity index (χ1) is 9.25. The fourth-order valence-electron chi connectivity index (χ4n) is 1.80.